The van der Waals surface area contributed by atoms with Crippen LogP contribution in [0.2, 0.25) is 0 Å². The zero-order valence-corrected chi connectivity index (χ0v) is 21.9. The number of imidazole rings is 1. The van der Waals surface area contributed by atoms with Crippen molar-refractivity contribution in [3.8, 4) is 5.75 Å². The first-order chi connectivity index (χ1) is 18.6. The van der Waals surface area contributed by atoms with Crippen LogP contribution in [0.4, 0.5) is 5.69 Å². The van der Waals surface area contributed by atoms with Gasteiger partial charge >= 0.3 is 0 Å². The van der Waals surface area contributed by atoms with Crippen LogP contribution in [0.1, 0.15) is 47.4 Å². The van der Waals surface area contributed by atoms with E-state index in [0.29, 0.717) is 12.1 Å². The Morgan fingerprint density at radius 1 is 0.947 bits per heavy atom. The Morgan fingerprint density at radius 3 is 2.58 bits per heavy atom. The van der Waals surface area contributed by atoms with E-state index in [1.54, 1.807) is 31.4 Å². The molecule has 4 aromatic rings. The number of hydrogen-bond acceptors (Lipinski definition) is 4. The van der Waals surface area contributed by atoms with Crippen molar-refractivity contribution < 1.29 is 14.3 Å². The highest BCUT2D eigenvalue weighted by Gasteiger charge is 2.23. The van der Waals surface area contributed by atoms with E-state index in [-0.39, 0.29) is 18.4 Å². The summed E-state index contributed by atoms with van der Waals surface area (Å²) in [6.07, 6.45) is 5.55. The summed E-state index contributed by atoms with van der Waals surface area (Å²) in [5.74, 6) is 1.69. The molecule has 1 aromatic heterocycles. The molecular weight excluding hydrogens is 476 g/mol. The fourth-order valence-corrected chi connectivity index (χ4v) is 5.14. The molecule has 0 radical (unpaired) electrons. The molecular formula is C31H34N4O3. The molecule has 196 valence electrons. The number of fused-ring (bicyclic) bond motifs is 2. The first-order valence-corrected chi connectivity index (χ1v) is 13.4. The van der Waals surface area contributed by atoms with Gasteiger partial charge in [-0.15, -0.1) is 0 Å². The van der Waals surface area contributed by atoms with Gasteiger partial charge in [-0.3, -0.25) is 9.59 Å². The molecule has 1 aliphatic heterocycles. The molecule has 0 saturated heterocycles. The van der Waals surface area contributed by atoms with Crippen LogP contribution in [-0.4, -0.2) is 41.6 Å². The minimum atomic E-state index is -0.0766. The minimum Gasteiger partial charge on any atom is -0.497 e. The van der Waals surface area contributed by atoms with E-state index < -0.39 is 0 Å². The molecule has 0 saturated carbocycles. The van der Waals surface area contributed by atoms with Crippen LogP contribution >= 0.6 is 0 Å². The first kappa shape index (κ1) is 25.5. The van der Waals surface area contributed by atoms with Gasteiger partial charge in [0.2, 0.25) is 5.91 Å². The lowest BCUT2D eigenvalue weighted by molar-refractivity contribution is -0.119. The summed E-state index contributed by atoms with van der Waals surface area (Å²) in [7, 11) is 1.61. The van der Waals surface area contributed by atoms with Crippen LogP contribution in [0.5, 0.6) is 5.75 Å². The monoisotopic (exact) mass is 510 g/mol. The summed E-state index contributed by atoms with van der Waals surface area (Å²) < 4.78 is 7.23. The maximum atomic E-state index is 13.5. The molecule has 0 atom stereocenters. The van der Waals surface area contributed by atoms with Crippen LogP contribution in [-0.2, 0) is 24.2 Å². The lowest BCUT2D eigenvalue weighted by Gasteiger charge is -2.29. The number of nitrogens with zero attached hydrogens (tertiary/aromatic N) is 3. The van der Waals surface area contributed by atoms with Gasteiger partial charge in [0.25, 0.3) is 5.91 Å². The molecule has 0 bridgehead atoms. The standard InChI is InChI=1S/C31H34N4O3/c1-38-25-18-16-24(17-19-25)31(37)32-20-8-2-3-15-29-33-26-12-5-7-14-28(26)35(29)22-30(36)34-21-9-11-23-10-4-6-13-27(23)34/h4-7,10,12-14,16-19H,2-3,8-9,11,15,20-22H2,1H3,(H,32,37). The zero-order chi connectivity index (χ0) is 26.3. The molecule has 0 aliphatic carbocycles. The number of methoxy groups -OCH3 is 1. The number of carbonyl (C=O) groups is 2. The molecule has 3 aromatic carbocycles. The molecule has 0 fully saturated rings. The van der Waals surface area contributed by atoms with Gasteiger partial charge in [0.05, 0.1) is 18.1 Å². The highest BCUT2D eigenvalue weighted by Crippen LogP contribution is 2.27. The second-order valence-corrected chi connectivity index (χ2v) is 9.68. The number of ether oxygens (including phenoxy) is 1. The number of para-hydroxylation sites is 3. The van der Waals surface area contributed by atoms with Crippen molar-refractivity contribution in [2.45, 2.75) is 45.1 Å². The molecule has 0 unspecified atom stereocenters. The van der Waals surface area contributed by atoms with Gasteiger partial charge in [-0.25, -0.2) is 4.98 Å². The van der Waals surface area contributed by atoms with Crippen LogP contribution in [0.3, 0.4) is 0 Å². The molecule has 1 N–H and O–H groups in total. The van der Waals surface area contributed by atoms with Crippen molar-refractivity contribution in [3.05, 3.63) is 89.7 Å². The van der Waals surface area contributed by atoms with E-state index in [9.17, 15) is 9.59 Å². The van der Waals surface area contributed by atoms with Gasteiger partial charge in [-0.2, -0.15) is 0 Å². The van der Waals surface area contributed by atoms with E-state index in [1.807, 2.05) is 47.4 Å². The topological polar surface area (TPSA) is 76.5 Å². The number of nitrogens with one attached hydrogen (secondary N) is 1. The SMILES string of the molecule is COc1ccc(C(=O)NCCCCCc2nc3ccccc3n2CC(=O)N2CCCc3ccccc32)cc1. The van der Waals surface area contributed by atoms with Gasteiger partial charge < -0.3 is 19.5 Å². The van der Waals surface area contributed by atoms with Gasteiger partial charge in [0.1, 0.15) is 18.1 Å². The minimum absolute atomic E-state index is 0.0766. The number of aromatic nitrogens is 2. The van der Waals surface area contributed by atoms with Crippen LogP contribution in [0.25, 0.3) is 11.0 Å². The Hall–Kier alpha value is -4.13. The van der Waals surface area contributed by atoms with Gasteiger partial charge in [0.15, 0.2) is 0 Å². The third kappa shape index (κ3) is 5.72. The van der Waals surface area contributed by atoms with Crippen LogP contribution in [0, 0.1) is 0 Å². The lowest BCUT2D eigenvalue weighted by atomic mass is 10.0. The molecule has 7 nitrogen and oxygen atoms in total. The predicted octanol–water partition coefficient (Wildman–Crippen LogP) is 5.17. The molecule has 5 rings (SSSR count). The van der Waals surface area contributed by atoms with Gasteiger partial charge in [0, 0.05) is 30.8 Å². The molecule has 2 amide bonds. The van der Waals surface area contributed by atoms with Gasteiger partial charge in [-0.05, 0) is 73.7 Å². The van der Waals surface area contributed by atoms with E-state index in [1.165, 1.54) is 5.56 Å². The highest BCUT2D eigenvalue weighted by atomic mass is 16.5. The Balaban J connectivity index is 1.18. The molecule has 0 spiro atoms. The average molecular weight is 511 g/mol. The summed E-state index contributed by atoms with van der Waals surface area (Å²) in [5, 5.41) is 2.99. The van der Waals surface area contributed by atoms with E-state index in [0.717, 1.165) is 73.4 Å². The first-order valence-electron chi connectivity index (χ1n) is 13.4. The summed E-state index contributed by atoms with van der Waals surface area (Å²) in [6.45, 7) is 1.65. The maximum Gasteiger partial charge on any atom is 0.251 e. The predicted molar refractivity (Wildman–Crippen MR) is 150 cm³/mol. The number of aryl methyl sites for hydroxylation is 2. The van der Waals surface area contributed by atoms with Crippen molar-refractivity contribution in [2.24, 2.45) is 0 Å². The van der Waals surface area contributed by atoms with Crippen LogP contribution < -0.4 is 15.0 Å². The third-order valence-corrected chi connectivity index (χ3v) is 7.15. The largest absolute Gasteiger partial charge is 0.497 e. The van der Waals surface area contributed by atoms with Crippen molar-refractivity contribution >= 4 is 28.5 Å². The smallest absolute Gasteiger partial charge is 0.251 e. The van der Waals surface area contributed by atoms with Crippen molar-refractivity contribution in [3.63, 3.8) is 0 Å². The molecule has 2 heterocycles. The second-order valence-electron chi connectivity index (χ2n) is 9.68. The zero-order valence-electron chi connectivity index (χ0n) is 21.9. The van der Waals surface area contributed by atoms with Crippen molar-refractivity contribution in [1.29, 1.82) is 0 Å². The fraction of sp³-hybridized carbons (Fsp3) is 0.323. The fourth-order valence-electron chi connectivity index (χ4n) is 5.14. The summed E-state index contributed by atoms with van der Waals surface area (Å²) in [6, 6.07) is 23.3. The van der Waals surface area contributed by atoms with E-state index >= 15 is 0 Å². The quantitative estimate of drug-likeness (QED) is 0.299. The summed E-state index contributed by atoms with van der Waals surface area (Å²) in [4.78, 5) is 32.6. The average Bonchev–Trinajstić information content (AvgIpc) is 3.31. The van der Waals surface area contributed by atoms with Gasteiger partial charge in [-0.1, -0.05) is 36.8 Å². The molecule has 38 heavy (non-hydrogen) atoms. The Kier molecular flexibility index (Phi) is 8.02. The van der Waals surface area contributed by atoms with Crippen molar-refractivity contribution in [1.82, 2.24) is 14.9 Å². The van der Waals surface area contributed by atoms with E-state index in [4.69, 9.17) is 9.72 Å². The second kappa shape index (κ2) is 11.9. The number of rotatable bonds is 10. The Morgan fingerprint density at radius 2 is 1.74 bits per heavy atom. The number of benzene rings is 3. The number of anilines is 1. The van der Waals surface area contributed by atoms with Crippen molar-refractivity contribution in [2.75, 3.05) is 25.1 Å². The lowest BCUT2D eigenvalue weighted by Crippen LogP contribution is -2.38. The number of unbranched alkanes of at least 4 members (excludes halogenated alkanes) is 2. The highest BCUT2D eigenvalue weighted by molar-refractivity contribution is 5.95. The van der Waals surface area contributed by atoms with E-state index in [2.05, 4.69) is 16.0 Å². The number of carbonyl (C=O) groups excluding carboxylic acids is 2. The molecule has 7 heteroatoms. The normalized spacial score (nSPS) is 12.8. The number of hydrogen-bond donors (Lipinski definition) is 1. The Bertz CT molecular complexity index is 1410. The number of amides is 2. The third-order valence-electron chi connectivity index (χ3n) is 7.15. The summed E-state index contributed by atoms with van der Waals surface area (Å²) >= 11 is 0. The molecule has 1 aliphatic rings. The Labute approximate surface area is 223 Å². The summed E-state index contributed by atoms with van der Waals surface area (Å²) in [5.41, 5.74) is 4.81. The maximum absolute atomic E-state index is 13.5. The van der Waals surface area contributed by atoms with Crippen LogP contribution in [0.15, 0.2) is 72.8 Å².